The fourth-order valence-electron chi connectivity index (χ4n) is 9.60. The van der Waals surface area contributed by atoms with Crippen LogP contribution >= 0.6 is 0 Å². The normalized spacial score (nSPS) is 32.8. The van der Waals surface area contributed by atoms with Crippen LogP contribution in [0.25, 0.3) is 0 Å². The Balaban J connectivity index is 1.37. The predicted octanol–water partition coefficient (Wildman–Crippen LogP) is 6.31. The van der Waals surface area contributed by atoms with E-state index >= 15 is 0 Å². The minimum Gasteiger partial charge on any atom is -0.468 e. The van der Waals surface area contributed by atoms with E-state index in [9.17, 15) is 14.4 Å². The van der Waals surface area contributed by atoms with Crippen molar-refractivity contribution in [2.75, 3.05) is 19.7 Å². The number of hydrogen-bond donors (Lipinski definition) is 1. The van der Waals surface area contributed by atoms with Crippen molar-refractivity contribution in [3.05, 3.63) is 52.6 Å². The molecule has 1 heterocycles. The van der Waals surface area contributed by atoms with Crippen LogP contribution in [-0.4, -0.2) is 38.4 Å². The van der Waals surface area contributed by atoms with Crippen molar-refractivity contribution < 1.29 is 19.1 Å². The lowest BCUT2D eigenvalue weighted by molar-refractivity contribution is -0.129. The van der Waals surface area contributed by atoms with Crippen LogP contribution in [0.1, 0.15) is 95.5 Å². The van der Waals surface area contributed by atoms with Gasteiger partial charge in [0.15, 0.2) is 11.5 Å². The SMILES string of the molecule is C[C@]12C[C@H](c3ccc([N+]4(NC=O)CCCCC4)cc3)C3=C4CCC(=O)C=C4CC[C@H]3[C@@H]1CC[C@@H]2CCCOC=O. The molecule has 4 aliphatic carbocycles. The van der Waals surface area contributed by atoms with E-state index in [-0.39, 0.29) is 11.2 Å². The maximum absolute atomic E-state index is 12.4. The molecule has 1 aromatic rings. The van der Waals surface area contributed by atoms with Gasteiger partial charge in [0.2, 0.25) is 0 Å². The summed E-state index contributed by atoms with van der Waals surface area (Å²) < 4.78 is 5.59. The number of rotatable bonds is 9. The molecule has 40 heavy (non-hydrogen) atoms. The number of piperidine rings is 1. The van der Waals surface area contributed by atoms with E-state index in [0.29, 0.717) is 47.8 Å². The van der Waals surface area contributed by atoms with Gasteiger partial charge < -0.3 is 4.74 Å². The van der Waals surface area contributed by atoms with Crippen LogP contribution in [0, 0.1) is 23.2 Å². The van der Waals surface area contributed by atoms with E-state index in [2.05, 4.69) is 36.6 Å². The van der Waals surface area contributed by atoms with Gasteiger partial charge in [-0.25, -0.2) is 0 Å². The molecule has 0 radical (unpaired) electrons. The Hall–Kier alpha value is -2.73. The number of nitrogens with zero attached hydrogens (tertiary/aromatic N) is 1. The maximum atomic E-state index is 12.4. The van der Waals surface area contributed by atoms with Gasteiger partial charge in [-0.3, -0.25) is 14.4 Å². The number of quaternary nitrogens is 1. The third kappa shape index (κ3) is 4.76. The van der Waals surface area contributed by atoms with Gasteiger partial charge in [-0.1, -0.05) is 24.6 Å². The molecule has 1 amide bonds. The quantitative estimate of drug-likeness (QED) is 0.224. The highest BCUT2D eigenvalue weighted by Gasteiger charge is 2.56. The molecule has 5 atom stereocenters. The van der Waals surface area contributed by atoms with Crippen molar-refractivity contribution in [1.82, 2.24) is 10.0 Å². The van der Waals surface area contributed by atoms with Crippen molar-refractivity contribution in [2.45, 2.75) is 89.9 Å². The number of ketones is 1. The number of carbonyl (C=O) groups excluding carboxylic acids is 3. The molecule has 214 valence electrons. The zero-order valence-electron chi connectivity index (χ0n) is 24.0. The van der Waals surface area contributed by atoms with Crippen LogP contribution in [0.2, 0.25) is 0 Å². The first-order valence-corrected chi connectivity index (χ1v) is 15.7. The number of hydrogen-bond acceptors (Lipinski definition) is 4. The molecular formula is C34H45N2O4+. The molecule has 6 nitrogen and oxygen atoms in total. The largest absolute Gasteiger partial charge is 0.468 e. The molecule has 1 aliphatic heterocycles. The van der Waals surface area contributed by atoms with Gasteiger partial charge in [-0.15, -0.1) is 0 Å². The maximum Gasteiger partial charge on any atom is 0.293 e. The van der Waals surface area contributed by atoms with Gasteiger partial charge in [0.05, 0.1) is 6.61 Å². The number of nitrogens with one attached hydrogen (secondary N) is 1. The van der Waals surface area contributed by atoms with Gasteiger partial charge >= 0.3 is 0 Å². The third-order valence-electron chi connectivity index (χ3n) is 11.5. The third-order valence-corrected chi connectivity index (χ3v) is 11.5. The first-order valence-electron chi connectivity index (χ1n) is 15.7. The molecular weight excluding hydrogens is 500 g/mol. The summed E-state index contributed by atoms with van der Waals surface area (Å²) in [6.07, 6.45) is 15.7. The van der Waals surface area contributed by atoms with E-state index in [4.69, 9.17) is 4.74 Å². The summed E-state index contributed by atoms with van der Waals surface area (Å²) in [5.74, 6) is 2.55. The molecule has 0 aromatic heterocycles. The lowest BCUT2D eigenvalue weighted by atomic mass is 9.51. The van der Waals surface area contributed by atoms with Gasteiger partial charge in [-0.05, 0) is 117 Å². The first-order chi connectivity index (χ1) is 19.5. The minimum atomic E-state index is 0.255. The summed E-state index contributed by atoms with van der Waals surface area (Å²) in [5, 5.41) is 0. The van der Waals surface area contributed by atoms with Crippen LogP contribution < -0.4 is 10.0 Å². The Morgan fingerprint density at radius 1 is 1.02 bits per heavy atom. The highest BCUT2D eigenvalue weighted by molar-refractivity contribution is 5.93. The van der Waals surface area contributed by atoms with Crippen LogP contribution in [0.5, 0.6) is 0 Å². The molecule has 1 aromatic carbocycles. The number of benzene rings is 1. The molecule has 6 heteroatoms. The summed E-state index contributed by atoms with van der Waals surface area (Å²) in [4.78, 5) is 34.6. The lowest BCUT2D eigenvalue weighted by Crippen LogP contribution is -2.61. The van der Waals surface area contributed by atoms with Crippen molar-refractivity contribution >= 4 is 24.4 Å². The van der Waals surface area contributed by atoms with Crippen LogP contribution in [0.15, 0.2) is 47.1 Å². The Morgan fingerprint density at radius 2 is 1.82 bits per heavy atom. The Kier molecular flexibility index (Phi) is 7.73. The molecule has 0 unspecified atom stereocenters. The second-order valence-corrected chi connectivity index (χ2v) is 13.3. The average Bonchev–Trinajstić information content (AvgIpc) is 3.31. The molecule has 3 fully saturated rings. The van der Waals surface area contributed by atoms with Gasteiger partial charge in [-0.2, -0.15) is 10.0 Å². The second-order valence-electron chi connectivity index (χ2n) is 13.3. The number of ether oxygens (including phenoxy) is 1. The van der Waals surface area contributed by atoms with Gasteiger partial charge in [0, 0.05) is 24.5 Å². The molecule has 5 aliphatic rings. The summed E-state index contributed by atoms with van der Waals surface area (Å²) in [6.45, 7) is 5.52. The van der Waals surface area contributed by atoms with Crippen molar-refractivity contribution in [3.63, 3.8) is 0 Å². The van der Waals surface area contributed by atoms with Gasteiger partial charge in [0.25, 0.3) is 12.9 Å². The Morgan fingerprint density at radius 3 is 2.58 bits per heavy atom. The number of fused-ring (bicyclic) bond motifs is 4. The Labute approximate surface area is 238 Å². The highest BCUT2D eigenvalue weighted by atomic mass is 16.5. The zero-order valence-corrected chi connectivity index (χ0v) is 24.0. The smallest absolute Gasteiger partial charge is 0.293 e. The van der Waals surface area contributed by atoms with Crippen LogP contribution in [0.4, 0.5) is 5.69 Å². The molecule has 0 bridgehead atoms. The first kappa shape index (κ1) is 27.4. The number of allylic oxidation sites excluding steroid dienone is 4. The van der Waals surface area contributed by atoms with E-state index in [1.54, 1.807) is 5.57 Å². The Bertz CT molecular complexity index is 1190. The summed E-state index contributed by atoms with van der Waals surface area (Å²) >= 11 is 0. The van der Waals surface area contributed by atoms with Crippen molar-refractivity contribution in [2.24, 2.45) is 23.2 Å². The average molecular weight is 546 g/mol. The molecule has 2 saturated carbocycles. The fourth-order valence-corrected chi connectivity index (χ4v) is 9.60. The lowest BCUT2D eigenvalue weighted by Gasteiger charge is -2.53. The number of carbonyl (C=O) groups is 3. The number of amides is 1. The van der Waals surface area contributed by atoms with E-state index in [1.807, 2.05) is 6.08 Å². The molecule has 1 N–H and O–H groups in total. The minimum absolute atomic E-state index is 0.255. The predicted molar refractivity (Wildman–Crippen MR) is 156 cm³/mol. The zero-order chi connectivity index (χ0) is 27.7. The summed E-state index contributed by atoms with van der Waals surface area (Å²) in [7, 11) is 0. The van der Waals surface area contributed by atoms with Crippen LogP contribution in [0.3, 0.4) is 0 Å². The summed E-state index contributed by atoms with van der Waals surface area (Å²) in [6, 6.07) is 9.20. The highest BCUT2D eigenvalue weighted by Crippen LogP contribution is 2.66. The van der Waals surface area contributed by atoms with E-state index in [1.165, 1.54) is 41.7 Å². The molecule has 6 rings (SSSR count). The second kappa shape index (κ2) is 11.3. The van der Waals surface area contributed by atoms with Crippen LogP contribution in [-0.2, 0) is 19.1 Å². The topological polar surface area (TPSA) is 72.5 Å². The monoisotopic (exact) mass is 545 g/mol. The standard InChI is InChI=1S/C34H44N2O4/c1-34-21-31(24-7-11-27(12-8-24)36(35-22-37)17-3-2-4-18-36)33-29-15-13-28(39)20-25(29)9-14-30(33)32(34)16-10-26(34)6-5-19-40-23-38/h7-8,11-12,20,22-23,26,30-32H,2-6,9-10,13-19,21H2,1H3/p+1/t26-,30-,31+,32-,34+/m0/s1. The van der Waals surface area contributed by atoms with Crippen molar-refractivity contribution in [3.8, 4) is 0 Å². The van der Waals surface area contributed by atoms with Crippen molar-refractivity contribution in [1.29, 1.82) is 0 Å². The van der Waals surface area contributed by atoms with E-state index < -0.39 is 0 Å². The fraction of sp³-hybridized carbons (Fsp3) is 0.618. The molecule has 1 saturated heterocycles. The van der Waals surface area contributed by atoms with E-state index in [0.717, 1.165) is 70.9 Å². The molecule has 0 spiro atoms. The summed E-state index contributed by atoms with van der Waals surface area (Å²) in [5.41, 5.74) is 10.4. The van der Waals surface area contributed by atoms with Gasteiger partial charge in [0.1, 0.15) is 13.1 Å².